The molecular formula is C11H17ClN2O4S. The van der Waals surface area contributed by atoms with Gasteiger partial charge in [0.25, 0.3) is 0 Å². The van der Waals surface area contributed by atoms with Crippen molar-refractivity contribution in [3.63, 3.8) is 0 Å². The molecule has 0 fully saturated rings. The van der Waals surface area contributed by atoms with Crippen LogP contribution in [0, 0.1) is 0 Å². The summed E-state index contributed by atoms with van der Waals surface area (Å²) >= 11 is 5.82. The summed E-state index contributed by atoms with van der Waals surface area (Å²) < 4.78 is 30.7. The monoisotopic (exact) mass is 308 g/mol. The van der Waals surface area contributed by atoms with Gasteiger partial charge in [-0.3, -0.25) is 0 Å². The highest BCUT2D eigenvalue weighted by Gasteiger charge is 2.24. The number of hydrogen-bond acceptors (Lipinski definition) is 5. The normalized spacial score (nSPS) is 12.0. The molecule has 0 spiro atoms. The minimum Gasteiger partial charge on any atom is -0.398 e. The molecule has 8 heteroatoms. The van der Waals surface area contributed by atoms with Crippen LogP contribution in [-0.2, 0) is 14.8 Å². The average Bonchev–Trinajstić information content (AvgIpc) is 2.37. The number of sulfonamides is 1. The van der Waals surface area contributed by atoms with Crippen molar-refractivity contribution >= 4 is 27.3 Å². The van der Waals surface area contributed by atoms with Crippen LogP contribution in [0.3, 0.4) is 0 Å². The summed E-state index contributed by atoms with van der Waals surface area (Å²) in [6.07, 6.45) is 0. The molecule has 0 aliphatic rings. The van der Waals surface area contributed by atoms with Crippen LogP contribution in [0.1, 0.15) is 0 Å². The minimum atomic E-state index is -3.72. The van der Waals surface area contributed by atoms with E-state index in [1.165, 1.54) is 25.3 Å². The number of nitrogens with two attached hydrogens (primary N) is 1. The van der Waals surface area contributed by atoms with Gasteiger partial charge in [-0.1, -0.05) is 11.6 Å². The standard InChI is InChI=1S/C11H17ClN2O4S/c1-18-7-5-14(4-6-15)19(16,17)9-2-3-11(13)10(12)8-9/h2-3,8,15H,4-7,13H2,1H3. The number of nitrogen functional groups attached to an aromatic ring is 1. The van der Waals surface area contributed by atoms with Crippen molar-refractivity contribution in [3.05, 3.63) is 23.2 Å². The summed E-state index contributed by atoms with van der Waals surface area (Å²) in [7, 11) is -2.25. The van der Waals surface area contributed by atoms with Gasteiger partial charge in [-0.25, -0.2) is 8.42 Å². The summed E-state index contributed by atoms with van der Waals surface area (Å²) in [5.41, 5.74) is 5.86. The van der Waals surface area contributed by atoms with E-state index in [1.54, 1.807) is 0 Å². The summed E-state index contributed by atoms with van der Waals surface area (Å²) in [6.45, 7) is 0.114. The first-order valence-corrected chi connectivity index (χ1v) is 7.40. The second-order valence-electron chi connectivity index (χ2n) is 3.80. The van der Waals surface area contributed by atoms with Gasteiger partial charge >= 0.3 is 0 Å². The van der Waals surface area contributed by atoms with Gasteiger partial charge in [0, 0.05) is 20.2 Å². The highest BCUT2D eigenvalue weighted by Crippen LogP contribution is 2.24. The third-order valence-electron chi connectivity index (χ3n) is 2.50. The molecule has 0 aromatic heterocycles. The zero-order valence-electron chi connectivity index (χ0n) is 10.5. The Balaban J connectivity index is 3.07. The lowest BCUT2D eigenvalue weighted by Gasteiger charge is -2.21. The van der Waals surface area contributed by atoms with Crippen molar-refractivity contribution in [1.29, 1.82) is 0 Å². The average molecular weight is 309 g/mol. The fourth-order valence-electron chi connectivity index (χ4n) is 1.47. The van der Waals surface area contributed by atoms with Gasteiger partial charge in [0.15, 0.2) is 0 Å². The molecule has 0 unspecified atom stereocenters. The van der Waals surface area contributed by atoms with Gasteiger partial charge in [0.1, 0.15) is 0 Å². The highest BCUT2D eigenvalue weighted by atomic mass is 35.5. The van der Waals surface area contributed by atoms with E-state index in [0.717, 1.165) is 4.31 Å². The van der Waals surface area contributed by atoms with Gasteiger partial charge < -0.3 is 15.6 Å². The molecule has 1 aromatic carbocycles. The lowest BCUT2D eigenvalue weighted by atomic mass is 10.3. The highest BCUT2D eigenvalue weighted by molar-refractivity contribution is 7.89. The van der Waals surface area contributed by atoms with Gasteiger partial charge in [-0.15, -0.1) is 0 Å². The second kappa shape index (κ2) is 7.06. The SMILES string of the molecule is COCCN(CCO)S(=O)(=O)c1ccc(N)c(Cl)c1. The van der Waals surface area contributed by atoms with E-state index in [2.05, 4.69) is 0 Å². The molecule has 0 atom stereocenters. The van der Waals surface area contributed by atoms with Crippen molar-refractivity contribution in [2.75, 3.05) is 39.1 Å². The molecule has 3 N–H and O–H groups in total. The number of aliphatic hydroxyl groups excluding tert-OH is 1. The molecule has 0 radical (unpaired) electrons. The van der Waals surface area contributed by atoms with Crippen LogP contribution in [0.2, 0.25) is 5.02 Å². The smallest absolute Gasteiger partial charge is 0.243 e. The molecule has 0 aliphatic carbocycles. The third-order valence-corrected chi connectivity index (χ3v) is 4.73. The number of methoxy groups -OCH3 is 1. The largest absolute Gasteiger partial charge is 0.398 e. The number of anilines is 1. The van der Waals surface area contributed by atoms with Crippen LogP contribution in [0.25, 0.3) is 0 Å². The Morgan fingerprint density at radius 1 is 1.42 bits per heavy atom. The predicted octanol–water partition coefficient (Wildman–Crippen LogP) is 0.552. The maximum atomic E-state index is 12.4. The number of halogens is 1. The number of benzene rings is 1. The van der Waals surface area contributed by atoms with Gasteiger partial charge in [0.05, 0.1) is 28.8 Å². The maximum Gasteiger partial charge on any atom is 0.243 e. The summed E-state index contributed by atoms with van der Waals surface area (Å²) in [5, 5.41) is 9.13. The third kappa shape index (κ3) is 4.05. The lowest BCUT2D eigenvalue weighted by molar-refractivity contribution is 0.168. The van der Waals surface area contributed by atoms with Crippen LogP contribution in [0.5, 0.6) is 0 Å². The molecule has 19 heavy (non-hydrogen) atoms. The first-order valence-electron chi connectivity index (χ1n) is 5.58. The number of rotatable bonds is 7. The van der Waals surface area contributed by atoms with Crippen molar-refractivity contribution < 1.29 is 18.3 Å². The van der Waals surface area contributed by atoms with E-state index in [-0.39, 0.29) is 36.2 Å². The maximum absolute atomic E-state index is 12.4. The van der Waals surface area contributed by atoms with Gasteiger partial charge in [0.2, 0.25) is 10.0 Å². The van der Waals surface area contributed by atoms with Crippen LogP contribution >= 0.6 is 11.6 Å². The van der Waals surface area contributed by atoms with E-state index in [9.17, 15) is 8.42 Å². The number of hydrogen-bond donors (Lipinski definition) is 2. The molecule has 0 bridgehead atoms. The van der Waals surface area contributed by atoms with Gasteiger partial charge in [-0.2, -0.15) is 4.31 Å². The predicted molar refractivity (Wildman–Crippen MR) is 73.6 cm³/mol. The van der Waals surface area contributed by atoms with E-state index >= 15 is 0 Å². The summed E-state index contributed by atoms with van der Waals surface area (Å²) in [4.78, 5) is 0.0382. The van der Waals surface area contributed by atoms with Crippen LogP contribution < -0.4 is 5.73 Å². The van der Waals surface area contributed by atoms with Crippen LogP contribution in [0.4, 0.5) is 5.69 Å². The summed E-state index contributed by atoms with van der Waals surface area (Å²) in [6, 6.07) is 4.11. The Morgan fingerprint density at radius 2 is 2.11 bits per heavy atom. The van der Waals surface area contributed by atoms with E-state index in [1.807, 2.05) is 0 Å². The molecule has 0 amide bonds. The Hall–Kier alpha value is -0.860. The Bertz CT molecular complexity index is 521. The second-order valence-corrected chi connectivity index (χ2v) is 6.15. The minimum absolute atomic E-state index is 0.00626. The first kappa shape index (κ1) is 16.2. The molecule has 6 nitrogen and oxygen atoms in total. The van der Waals surface area contributed by atoms with Crippen molar-refractivity contribution in [2.24, 2.45) is 0 Å². The van der Waals surface area contributed by atoms with E-state index < -0.39 is 10.0 Å². The van der Waals surface area contributed by atoms with Crippen LogP contribution in [0.15, 0.2) is 23.1 Å². The van der Waals surface area contributed by atoms with Crippen molar-refractivity contribution in [2.45, 2.75) is 4.90 Å². The molecule has 0 saturated heterocycles. The number of aliphatic hydroxyl groups is 1. The topological polar surface area (TPSA) is 92.9 Å². The Kier molecular flexibility index (Phi) is 6.02. The van der Waals surface area contributed by atoms with Crippen molar-refractivity contribution in [3.8, 4) is 0 Å². The van der Waals surface area contributed by atoms with Crippen molar-refractivity contribution in [1.82, 2.24) is 4.31 Å². The fourth-order valence-corrected chi connectivity index (χ4v) is 3.16. The Morgan fingerprint density at radius 3 is 2.63 bits per heavy atom. The fraction of sp³-hybridized carbons (Fsp3) is 0.455. The molecule has 0 aliphatic heterocycles. The van der Waals surface area contributed by atoms with Gasteiger partial charge in [-0.05, 0) is 18.2 Å². The molecule has 1 aromatic rings. The summed E-state index contributed by atoms with van der Waals surface area (Å²) in [5.74, 6) is 0. The Labute approximate surface area is 117 Å². The molecular weight excluding hydrogens is 292 g/mol. The number of nitrogens with zero attached hydrogens (tertiary/aromatic N) is 1. The molecule has 0 saturated carbocycles. The molecule has 0 heterocycles. The van der Waals surface area contributed by atoms with E-state index in [4.69, 9.17) is 27.2 Å². The number of ether oxygens (including phenoxy) is 1. The van der Waals surface area contributed by atoms with E-state index in [0.29, 0.717) is 5.69 Å². The molecule has 1 rings (SSSR count). The van der Waals surface area contributed by atoms with Crippen LogP contribution in [-0.4, -0.2) is 51.2 Å². The zero-order valence-corrected chi connectivity index (χ0v) is 12.1. The molecule has 108 valence electrons. The first-order chi connectivity index (χ1) is 8.93. The lowest BCUT2D eigenvalue weighted by Crippen LogP contribution is -2.36. The quantitative estimate of drug-likeness (QED) is 0.718. The zero-order chi connectivity index (χ0) is 14.5.